The van der Waals surface area contributed by atoms with E-state index in [0.717, 1.165) is 61.7 Å². The fraction of sp³-hybridized carbons (Fsp3) is 0.750. The fourth-order valence-corrected chi connectivity index (χ4v) is 2.46. The van der Waals surface area contributed by atoms with Crippen LogP contribution in [0.25, 0.3) is 0 Å². The number of guanidine groups is 1. The molecule has 1 aliphatic rings. The molecule has 1 aliphatic carbocycles. The van der Waals surface area contributed by atoms with Gasteiger partial charge in [0.1, 0.15) is 5.76 Å². The molecule has 0 radical (unpaired) electrons. The Labute approximate surface area is 132 Å². The third-order valence-corrected chi connectivity index (χ3v) is 4.27. The molecule has 1 aromatic rings. The predicted molar refractivity (Wildman–Crippen MR) is 86.8 cm³/mol. The van der Waals surface area contributed by atoms with Crippen molar-refractivity contribution < 1.29 is 9.63 Å². The van der Waals surface area contributed by atoms with Crippen molar-refractivity contribution in [1.29, 1.82) is 0 Å². The summed E-state index contributed by atoms with van der Waals surface area (Å²) in [6, 6.07) is 0. The molecule has 0 saturated heterocycles. The molecule has 0 unspecified atom stereocenters. The van der Waals surface area contributed by atoms with Gasteiger partial charge in [0.2, 0.25) is 0 Å². The number of hydrogen-bond donors (Lipinski definition) is 3. The molecule has 0 spiro atoms. The lowest BCUT2D eigenvalue weighted by molar-refractivity contribution is 0.212. The Hall–Kier alpha value is -1.56. The van der Waals surface area contributed by atoms with Crippen molar-refractivity contribution in [1.82, 2.24) is 15.8 Å². The van der Waals surface area contributed by atoms with E-state index >= 15 is 0 Å². The van der Waals surface area contributed by atoms with E-state index in [2.05, 4.69) is 34.6 Å². The van der Waals surface area contributed by atoms with Crippen LogP contribution in [0.15, 0.2) is 9.52 Å². The monoisotopic (exact) mass is 308 g/mol. The van der Waals surface area contributed by atoms with Crippen LogP contribution in [0.1, 0.15) is 50.6 Å². The van der Waals surface area contributed by atoms with E-state index in [-0.39, 0.29) is 12.0 Å². The second-order valence-electron chi connectivity index (χ2n) is 5.94. The van der Waals surface area contributed by atoms with Gasteiger partial charge in [-0.3, -0.25) is 0 Å². The van der Waals surface area contributed by atoms with Crippen molar-refractivity contribution >= 4 is 5.96 Å². The third-order valence-electron chi connectivity index (χ3n) is 4.27. The third kappa shape index (κ3) is 4.00. The van der Waals surface area contributed by atoms with E-state index in [1.807, 2.05) is 6.92 Å². The normalized spacial score (nSPS) is 16.6. The number of aliphatic hydroxyl groups is 1. The van der Waals surface area contributed by atoms with Crippen molar-refractivity contribution in [2.75, 3.05) is 19.7 Å². The predicted octanol–water partition coefficient (Wildman–Crippen LogP) is 1.63. The molecular weight excluding hydrogens is 280 g/mol. The van der Waals surface area contributed by atoms with Crippen LogP contribution in [0.2, 0.25) is 0 Å². The van der Waals surface area contributed by atoms with Crippen LogP contribution < -0.4 is 10.6 Å². The minimum absolute atomic E-state index is 0.0660. The zero-order chi connectivity index (χ0) is 16.0. The summed E-state index contributed by atoms with van der Waals surface area (Å²) in [6.07, 6.45) is 3.85. The van der Waals surface area contributed by atoms with Gasteiger partial charge in [0.15, 0.2) is 5.96 Å². The first kappa shape index (κ1) is 16.8. The molecule has 0 aliphatic heterocycles. The first-order valence-corrected chi connectivity index (χ1v) is 8.27. The molecule has 3 N–H and O–H groups in total. The Bertz CT molecular complexity index is 485. The molecule has 0 bridgehead atoms. The summed E-state index contributed by atoms with van der Waals surface area (Å²) in [5.41, 5.74) is 2.16. The molecule has 1 aromatic heterocycles. The molecule has 1 fully saturated rings. The average molecular weight is 308 g/mol. The molecular formula is C16H28N4O2. The average Bonchev–Trinajstić information content (AvgIpc) is 3.22. The number of aryl methyl sites for hydroxylation is 2. The highest BCUT2D eigenvalue weighted by molar-refractivity contribution is 5.79. The van der Waals surface area contributed by atoms with Crippen LogP contribution in [0.5, 0.6) is 0 Å². The van der Waals surface area contributed by atoms with E-state index in [4.69, 9.17) is 4.52 Å². The highest BCUT2D eigenvalue weighted by atomic mass is 16.5. The van der Waals surface area contributed by atoms with E-state index in [1.54, 1.807) is 0 Å². The minimum atomic E-state index is 0.0660. The number of nitrogens with zero attached hydrogens (tertiary/aromatic N) is 2. The van der Waals surface area contributed by atoms with Crippen LogP contribution >= 0.6 is 0 Å². The highest BCUT2D eigenvalue weighted by Gasteiger charge is 2.41. The maximum atomic E-state index is 9.40. The Morgan fingerprint density at radius 1 is 1.27 bits per heavy atom. The quantitative estimate of drug-likeness (QED) is 0.502. The molecule has 0 aromatic carbocycles. The van der Waals surface area contributed by atoms with Crippen LogP contribution in [0.4, 0.5) is 0 Å². The van der Waals surface area contributed by atoms with Crippen LogP contribution in [-0.2, 0) is 19.4 Å². The van der Waals surface area contributed by atoms with E-state index < -0.39 is 0 Å². The molecule has 0 atom stereocenters. The lowest BCUT2D eigenvalue weighted by Crippen LogP contribution is -2.41. The summed E-state index contributed by atoms with van der Waals surface area (Å²) in [5, 5.41) is 20.1. The Morgan fingerprint density at radius 2 is 2.05 bits per heavy atom. The van der Waals surface area contributed by atoms with Gasteiger partial charge in [0, 0.05) is 30.5 Å². The topological polar surface area (TPSA) is 82.7 Å². The Balaban J connectivity index is 2.01. The number of aliphatic hydroxyl groups excluding tert-OH is 1. The van der Waals surface area contributed by atoms with Gasteiger partial charge < -0.3 is 20.3 Å². The number of hydrogen-bond acceptors (Lipinski definition) is 4. The van der Waals surface area contributed by atoms with Crippen molar-refractivity contribution in [2.24, 2.45) is 10.4 Å². The highest BCUT2D eigenvalue weighted by Crippen LogP contribution is 2.44. The van der Waals surface area contributed by atoms with Crippen LogP contribution in [0.3, 0.4) is 0 Å². The molecule has 6 nitrogen and oxygen atoms in total. The maximum absolute atomic E-state index is 9.40. The van der Waals surface area contributed by atoms with Crippen LogP contribution in [-0.4, -0.2) is 35.9 Å². The van der Waals surface area contributed by atoms with Crippen LogP contribution in [0, 0.1) is 5.41 Å². The summed E-state index contributed by atoms with van der Waals surface area (Å²) in [7, 11) is 0. The van der Waals surface area contributed by atoms with Gasteiger partial charge in [-0.15, -0.1) is 0 Å². The molecule has 124 valence electrons. The maximum Gasteiger partial charge on any atom is 0.191 e. The standard InChI is InChI=1S/C16H28N4O2/c1-4-13-12(14(5-2)22-20-13)9-18-15(17-6-3)19-10-16(11-21)7-8-16/h21H,4-11H2,1-3H3,(H2,17,18,19). The van der Waals surface area contributed by atoms with Crippen molar-refractivity contribution in [3.05, 3.63) is 17.0 Å². The summed E-state index contributed by atoms with van der Waals surface area (Å²) in [4.78, 5) is 4.65. The second kappa shape index (κ2) is 7.63. The Kier molecular flexibility index (Phi) is 5.83. The van der Waals surface area contributed by atoms with E-state index in [0.29, 0.717) is 6.54 Å². The van der Waals surface area contributed by atoms with Gasteiger partial charge in [0.25, 0.3) is 0 Å². The first-order valence-electron chi connectivity index (χ1n) is 8.27. The molecule has 1 saturated carbocycles. The zero-order valence-corrected chi connectivity index (χ0v) is 13.9. The second-order valence-corrected chi connectivity index (χ2v) is 5.94. The molecule has 0 amide bonds. The zero-order valence-electron chi connectivity index (χ0n) is 13.9. The summed E-state index contributed by atoms with van der Waals surface area (Å²) >= 11 is 0. The lowest BCUT2D eigenvalue weighted by atomic mass is 10.1. The van der Waals surface area contributed by atoms with E-state index in [9.17, 15) is 5.11 Å². The molecule has 1 heterocycles. The molecule has 22 heavy (non-hydrogen) atoms. The number of aliphatic imine (C=N–C) groups is 1. The summed E-state index contributed by atoms with van der Waals surface area (Å²) in [6.45, 7) is 8.57. The van der Waals surface area contributed by atoms with Crippen molar-refractivity contribution in [2.45, 2.75) is 53.0 Å². The summed E-state index contributed by atoms with van der Waals surface area (Å²) in [5.74, 6) is 1.71. The largest absolute Gasteiger partial charge is 0.396 e. The molecule has 2 rings (SSSR count). The van der Waals surface area contributed by atoms with E-state index in [1.165, 1.54) is 0 Å². The first-order chi connectivity index (χ1) is 10.7. The lowest BCUT2D eigenvalue weighted by Gasteiger charge is -2.16. The number of aromatic nitrogens is 1. The SMILES string of the molecule is CCNC(=NCc1c(CC)noc1CC)NCC1(CO)CC1. The van der Waals surface area contributed by atoms with Gasteiger partial charge in [-0.25, -0.2) is 4.99 Å². The van der Waals surface area contributed by atoms with Gasteiger partial charge >= 0.3 is 0 Å². The van der Waals surface area contributed by atoms with Crippen molar-refractivity contribution in [3.63, 3.8) is 0 Å². The van der Waals surface area contributed by atoms with Gasteiger partial charge in [-0.05, 0) is 26.2 Å². The van der Waals surface area contributed by atoms with Crippen molar-refractivity contribution in [3.8, 4) is 0 Å². The van der Waals surface area contributed by atoms with Gasteiger partial charge in [0.05, 0.1) is 18.8 Å². The van der Waals surface area contributed by atoms with Gasteiger partial charge in [-0.2, -0.15) is 0 Å². The number of nitrogens with one attached hydrogen (secondary N) is 2. The minimum Gasteiger partial charge on any atom is -0.396 e. The Morgan fingerprint density at radius 3 is 2.59 bits per heavy atom. The summed E-state index contributed by atoms with van der Waals surface area (Å²) < 4.78 is 5.38. The van der Waals surface area contributed by atoms with Gasteiger partial charge in [-0.1, -0.05) is 19.0 Å². The smallest absolute Gasteiger partial charge is 0.191 e. The fourth-order valence-electron chi connectivity index (χ4n) is 2.46. The molecule has 6 heteroatoms. The number of rotatable bonds is 8.